The largest absolute Gasteiger partial charge is 0.327 e. The van der Waals surface area contributed by atoms with Gasteiger partial charge in [0.05, 0.1) is 0 Å². The second-order valence-electron chi connectivity index (χ2n) is 0.805. The maximum atomic E-state index is 5.03. The first-order valence-electron chi connectivity index (χ1n) is 1.73. The van der Waals surface area contributed by atoms with E-state index in [0.29, 0.717) is 6.54 Å². The zero-order valence-corrected chi connectivity index (χ0v) is 3.52. The van der Waals surface area contributed by atoms with Gasteiger partial charge >= 0.3 is 0 Å². The second-order valence-corrected chi connectivity index (χ2v) is 0.805. The normalized spacial score (nSPS) is 8.67. The van der Waals surface area contributed by atoms with Gasteiger partial charge < -0.3 is 5.73 Å². The molecule has 0 saturated heterocycles. The Hall–Kier alpha value is -0.740. The molecule has 2 N–H and O–H groups in total. The van der Waals surface area contributed by atoms with Gasteiger partial charge in [-0.2, -0.15) is 0 Å². The lowest BCUT2D eigenvalue weighted by atomic mass is 10.5. The van der Waals surface area contributed by atoms with E-state index in [4.69, 9.17) is 12.2 Å². The topological polar surface area (TPSA) is 26.0 Å². The van der Waals surface area contributed by atoms with E-state index in [1.165, 1.54) is 0 Å². The van der Waals surface area contributed by atoms with Gasteiger partial charge in [0, 0.05) is 6.54 Å². The molecule has 32 valence electrons. The first kappa shape index (κ1) is 5.26. The smallest absolute Gasteiger partial charge is 0.0116 e. The summed E-state index contributed by atoms with van der Waals surface area (Å²) in [6.07, 6.45) is 8.13. The third-order valence-electron chi connectivity index (χ3n) is 0.350. The monoisotopic (exact) mass is 81.1 g/mol. The van der Waals surface area contributed by atoms with Crippen LogP contribution in [0, 0.1) is 12.3 Å². The van der Waals surface area contributed by atoms with Crippen molar-refractivity contribution in [1.29, 1.82) is 0 Å². The lowest BCUT2D eigenvalue weighted by Gasteiger charge is -1.67. The van der Waals surface area contributed by atoms with E-state index < -0.39 is 0 Å². The number of allylic oxidation sites excluding steroid dienone is 1. The van der Waals surface area contributed by atoms with Crippen molar-refractivity contribution in [2.75, 3.05) is 6.54 Å². The first-order chi connectivity index (χ1) is 2.91. The fourth-order valence-electron chi connectivity index (χ4n) is 0.136. The van der Waals surface area contributed by atoms with Crippen LogP contribution in [0.1, 0.15) is 0 Å². The van der Waals surface area contributed by atoms with Gasteiger partial charge in [-0.15, -0.1) is 6.42 Å². The molecule has 0 aromatic rings. The molecular weight excluding hydrogens is 74.1 g/mol. The SMILES string of the molecule is C#CC=CCN. The molecule has 0 aliphatic heterocycles. The van der Waals surface area contributed by atoms with Crippen LogP contribution in [0.4, 0.5) is 0 Å². The minimum atomic E-state index is 0.532. The highest BCUT2D eigenvalue weighted by Gasteiger charge is 1.54. The molecule has 0 atom stereocenters. The molecule has 1 heteroatoms. The zero-order valence-electron chi connectivity index (χ0n) is 3.52. The van der Waals surface area contributed by atoms with Crippen molar-refractivity contribution >= 4 is 0 Å². The Balaban J connectivity index is 3.02. The van der Waals surface area contributed by atoms with Crippen LogP contribution in [0.25, 0.3) is 0 Å². The number of nitrogens with two attached hydrogens (primary N) is 1. The highest BCUT2D eigenvalue weighted by molar-refractivity contribution is 5.08. The highest BCUT2D eigenvalue weighted by Crippen LogP contribution is 1.59. The van der Waals surface area contributed by atoms with Gasteiger partial charge in [0.15, 0.2) is 0 Å². The van der Waals surface area contributed by atoms with Crippen LogP contribution < -0.4 is 5.73 Å². The van der Waals surface area contributed by atoms with Gasteiger partial charge in [0.25, 0.3) is 0 Å². The van der Waals surface area contributed by atoms with Crippen LogP contribution in [-0.4, -0.2) is 6.54 Å². The molecule has 0 saturated carbocycles. The van der Waals surface area contributed by atoms with Crippen LogP contribution in [0.15, 0.2) is 12.2 Å². The lowest BCUT2D eigenvalue weighted by Crippen LogP contribution is -1.91. The van der Waals surface area contributed by atoms with Crippen molar-refractivity contribution in [3.63, 3.8) is 0 Å². The molecule has 0 aromatic carbocycles. The standard InChI is InChI=1S/C5H7N/c1-2-3-4-5-6/h1,3-4H,5-6H2. The Morgan fingerprint density at radius 1 is 1.83 bits per heavy atom. The van der Waals surface area contributed by atoms with Gasteiger partial charge in [-0.3, -0.25) is 0 Å². The molecule has 6 heavy (non-hydrogen) atoms. The van der Waals surface area contributed by atoms with Crippen molar-refractivity contribution in [1.82, 2.24) is 0 Å². The summed E-state index contributed by atoms with van der Waals surface area (Å²) in [7, 11) is 0. The van der Waals surface area contributed by atoms with E-state index in [1.807, 2.05) is 0 Å². The predicted molar refractivity (Wildman–Crippen MR) is 27.0 cm³/mol. The third-order valence-corrected chi connectivity index (χ3v) is 0.350. The molecule has 1 nitrogen and oxygen atoms in total. The van der Waals surface area contributed by atoms with Crippen molar-refractivity contribution in [3.05, 3.63) is 12.2 Å². The zero-order chi connectivity index (χ0) is 4.83. The Morgan fingerprint density at radius 3 is 2.67 bits per heavy atom. The van der Waals surface area contributed by atoms with E-state index in [9.17, 15) is 0 Å². The molecule has 0 amide bonds. The molecular formula is C5H7N. The van der Waals surface area contributed by atoms with E-state index in [0.717, 1.165) is 0 Å². The van der Waals surface area contributed by atoms with Gasteiger partial charge in [-0.25, -0.2) is 0 Å². The van der Waals surface area contributed by atoms with E-state index >= 15 is 0 Å². The van der Waals surface area contributed by atoms with Crippen LogP contribution in [0.2, 0.25) is 0 Å². The van der Waals surface area contributed by atoms with Crippen LogP contribution in [0.5, 0.6) is 0 Å². The molecule has 0 aliphatic carbocycles. The van der Waals surface area contributed by atoms with Gasteiger partial charge in [0.1, 0.15) is 0 Å². The summed E-state index contributed by atoms with van der Waals surface area (Å²) >= 11 is 0. The van der Waals surface area contributed by atoms with Gasteiger partial charge in [-0.1, -0.05) is 12.0 Å². The number of hydrogen-bond acceptors (Lipinski definition) is 1. The molecule has 0 rings (SSSR count). The third kappa shape index (κ3) is 3.26. The fraction of sp³-hybridized carbons (Fsp3) is 0.200. The quantitative estimate of drug-likeness (QED) is 0.446. The Labute approximate surface area is 37.8 Å². The van der Waals surface area contributed by atoms with Crippen molar-refractivity contribution in [3.8, 4) is 12.3 Å². The fourth-order valence-corrected chi connectivity index (χ4v) is 0.136. The van der Waals surface area contributed by atoms with Crippen LogP contribution in [-0.2, 0) is 0 Å². The van der Waals surface area contributed by atoms with Crippen LogP contribution in [0.3, 0.4) is 0 Å². The molecule has 0 bridgehead atoms. The maximum absolute atomic E-state index is 5.03. The summed E-state index contributed by atoms with van der Waals surface area (Å²) in [4.78, 5) is 0. The van der Waals surface area contributed by atoms with Crippen molar-refractivity contribution in [2.45, 2.75) is 0 Å². The maximum Gasteiger partial charge on any atom is 0.0116 e. The molecule has 0 spiro atoms. The summed E-state index contributed by atoms with van der Waals surface area (Å²) in [5, 5.41) is 0. The summed E-state index contributed by atoms with van der Waals surface area (Å²) in [5.74, 6) is 2.31. The molecule has 0 radical (unpaired) electrons. The Morgan fingerprint density at radius 2 is 2.50 bits per heavy atom. The highest BCUT2D eigenvalue weighted by atomic mass is 14.5. The number of rotatable bonds is 1. The van der Waals surface area contributed by atoms with Gasteiger partial charge in [-0.05, 0) is 6.08 Å². The summed E-state index contributed by atoms with van der Waals surface area (Å²) in [6, 6.07) is 0. The Bertz CT molecular complexity index is 76.4. The first-order valence-corrected chi connectivity index (χ1v) is 1.73. The Kier molecular flexibility index (Phi) is 3.73. The molecule has 0 aromatic heterocycles. The molecule has 0 heterocycles. The van der Waals surface area contributed by atoms with E-state index in [1.54, 1.807) is 12.2 Å². The average Bonchev–Trinajstić information content (AvgIpc) is 1.61. The number of terminal acetylenes is 1. The minimum absolute atomic E-state index is 0.532. The second kappa shape index (κ2) is 4.26. The summed E-state index contributed by atoms with van der Waals surface area (Å²) in [5.41, 5.74) is 5.03. The molecule has 0 fully saturated rings. The minimum Gasteiger partial charge on any atom is -0.327 e. The molecule has 0 aliphatic rings. The predicted octanol–water partition coefficient (Wildman–Crippen LogP) is 0.135. The van der Waals surface area contributed by atoms with E-state index in [2.05, 4.69) is 5.92 Å². The molecule has 0 unspecified atom stereocenters. The lowest BCUT2D eigenvalue weighted by molar-refractivity contribution is 1.26. The summed E-state index contributed by atoms with van der Waals surface area (Å²) in [6.45, 7) is 0.532. The van der Waals surface area contributed by atoms with Crippen molar-refractivity contribution < 1.29 is 0 Å². The number of hydrogen-bond donors (Lipinski definition) is 1. The van der Waals surface area contributed by atoms with Gasteiger partial charge in [0.2, 0.25) is 0 Å². The average molecular weight is 81.1 g/mol. The van der Waals surface area contributed by atoms with E-state index in [-0.39, 0.29) is 0 Å². The van der Waals surface area contributed by atoms with Crippen LogP contribution >= 0.6 is 0 Å². The van der Waals surface area contributed by atoms with Crippen molar-refractivity contribution in [2.24, 2.45) is 5.73 Å². The summed E-state index contributed by atoms with van der Waals surface area (Å²) < 4.78 is 0.